The molecule has 4 nitrogen and oxygen atoms in total. The molecule has 0 bridgehead atoms. The highest BCUT2D eigenvalue weighted by molar-refractivity contribution is 9.10. The number of benzene rings is 3. The lowest BCUT2D eigenvalue weighted by molar-refractivity contribution is -0.116. The number of halogens is 3. The molecule has 8 heteroatoms. The van der Waals surface area contributed by atoms with Crippen LogP contribution in [0, 0.1) is 0 Å². The number of hydrogen-bond donors (Lipinski definition) is 0. The highest BCUT2D eigenvalue weighted by Crippen LogP contribution is 2.36. The Kier molecular flexibility index (Phi) is 6.82. The van der Waals surface area contributed by atoms with Crippen molar-refractivity contribution in [2.75, 3.05) is 4.90 Å². The van der Waals surface area contributed by atoms with Gasteiger partial charge < -0.3 is 0 Å². The lowest BCUT2D eigenvalue weighted by Crippen LogP contribution is -2.32. The Morgan fingerprint density at radius 2 is 1.52 bits per heavy atom. The van der Waals surface area contributed by atoms with Crippen LogP contribution in [0.3, 0.4) is 0 Å². The van der Waals surface area contributed by atoms with E-state index in [1.165, 1.54) is 16.7 Å². The van der Waals surface area contributed by atoms with Crippen molar-refractivity contribution in [3.8, 4) is 0 Å². The monoisotopic (exact) mass is 532 g/mol. The number of amidine groups is 1. The van der Waals surface area contributed by atoms with Gasteiger partial charge in [-0.1, -0.05) is 63.0 Å². The second-order valence-corrected chi connectivity index (χ2v) is 9.72. The molecule has 0 aliphatic carbocycles. The summed E-state index contributed by atoms with van der Waals surface area (Å²) >= 11 is 16.6. The molecule has 1 heterocycles. The Labute approximate surface area is 202 Å². The first kappa shape index (κ1) is 22.1. The molecule has 0 N–H and O–H groups in total. The van der Waals surface area contributed by atoms with Crippen LogP contribution in [0.2, 0.25) is 10.0 Å². The van der Waals surface area contributed by atoms with Crippen molar-refractivity contribution >= 4 is 79.1 Å². The largest absolute Gasteiger partial charge is 0.294 e. The molecule has 3 aromatic carbocycles. The number of aliphatic imine (C=N–C) groups is 1. The number of Topliss-reactive ketones (excluding diaryl/α,β-unsaturated/α-hetero) is 1. The van der Waals surface area contributed by atoms with Crippen molar-refractivity contribution in [3.63, 3.8) is 0 Å². The molecule has 0 spiro atoms. The minimum absolute atomic E-state index is 0.0782. The summed E-state index contributed by atoms with van der Waals surface area (Å²) in [5.74, 6) is -0.285. The zero-order valence-electron chi connectivity index (χ0n) is 16.0. The molecule has 1 amide bonds. The minimum atomic E-state index is -0.571. The lowest BCUT2D eigenvalue weighted by atomic mass is 10.1. The van der Waals surface area contributed by atoms with E-state index >= 15 is 0 Å². The molecule has 1 saturated heterocycles. The van der Waals surface area contributed by atoms with Gasteiger partial charge >= 0.3 is 0 Å². The predicted octanol–water partition coefficient (Wildman–Crippen LogP) is 7.17. The van der Waals surface area contributed by atoms with Gasteiger partial charge in [0.05, 0.1) is 16.6 Å². The zero-order chi connectivity index (χ0) is 22.0. The number of amides is 1. The quantitative estimate of drug-likeness (QED) is 0.327. The number of rotatable bonds is 5. The average molecular weight is 534 g/mol. The van der Waals surface area contributed by atoms with Crippen molar-refractivity contribution in [1.29, 1.82) is 0 Å². The highest BCUT2D eigenvalue weighted by Gasteiger charge is 2.40. The Morgan fingerprint density at radius 3 is 2.13 bits per heavy atom. The summed E-state index contributed by atoms with van der Waals surface area (Å²) in [5, 5.41) is 1.11. The topological polar surface area (TPSA) is 49.7 Å². The number of thioether (sulfide) groups is 1. The van der Waals surface area contributed by atoms with E-state index in [1.807, 2.05) is 12.1 Å². The molecule has 1 aliphatic heterocycles. The fraction of sp³-hybridized carbons (Fsp3) is 0.0870. The first-order valence-electron chi connectivity index (χ1n) is 9.30. The van der Waals surface area contributed by atoms with Crippen LogP contribution in [0.25, 0.3) is 0 Å². The maximum absolute atomic E-state index is 13.3. The van der Waals surface area contributed by atoms with Crippen LogP contribution in [-0.2, 0) is 4.79 Å². The van der Waals surface area contributed by atoms with Crippen molar-refractivity contribution in [2.24, 2.45) is 4.99 Å². The smallest absolute Gasteiger partial charge is 0.247 e. The Bertz CT molecular complexity index is 1150. The molecule has 1 atom stereocenters. The molecule has 0 saturated carbocycles. The fourth-order valence-corrected chi connectivity index (χ4v) is 4.72. The van der Waals surface area contributed by atoms with Gasteiger partial charge in [-0.25, -0.2) is 4.99 Å². The van der Waals surface area contributed by atoms with Crippen molar-refractivity contribution in [1.82, 2.24) is 0 Å². The van der Waals surface area contributed by atoms with Crippen molar-refractivity contribution in [3.05, 3.63) is 92.9 Å². The Hall–Kier alpha value is -2.12. The first-order valence-corrected chi connectivity index (χ1v) is 11.7. The van der Waals surface area contributed by atoms with E-state index in [2.05, 4.69) is 20.9 Å². The molecule has 1 fully saturated rings. The summed E-state index contributed by atoms with van der Waals surface area (Å²) in [7, 11) is 0. The van der Waals surface area contributed by atoms with Crippen LogP contribution in [0.5, 0.6) is 0 Å². The number of nitrogens with zero attached hydrogens (tertiary/aromatic N) is 2. The molecule has 1 unspecified atom stereocenters. The number of carbonyl (C=O) groups excluding carboxylic acids is 2. The molecular weight excluding hydrogens is 519 g/mol. The predicted molar refractivity (Wildman–Crippen MR) is 132 cm³/mol. The Morgan fingerprint density at radius 1 is 0.935 bits per heavy atom. The Balaban J connectivity index is 1.64. The van der Waals surface area contributed by atoms with Gasteiger partial charge in [0.15, 0.2) is 11.0 Å². The standard InChI is InChI=1S/C23H15BrCl2N2O2S/c24-15-3-1-14(2-4-15)20(29)13-21-22(30)28(19-11-7-17(26)8-12-19)23(31-21)27-18-9-5-16(25)6-10-18/h1-12,21H,13H2. The van der Waals surface area contributed by atoms with Gasteiger partial charge in [0.25, 0.3) is 0 Å². The van der Waals surface area contributed by atoms with Gasteiger partial charge in [0, 0.05) is 26.5 Å². The van der Waals surface area contributed by atoms with Crippen LogP contribution in [-0.4, -0.2) is 22.1 Å². The first-order chi connectivity index (χ1) is 14.9. The normalized spacial score (nSPS) is 17.4. The van der Waals surface area contributed by atoms with Gasteiger partial charge in [0.1, 0.15) is 0 Å². The second kappa shape index (κ2) is 9.57. The van der Waals surface area contributed by atoms with Gasteiger partial charge in [-0.15, -0.1) is 0 Å². The van der Waals surface area contributed by atoms with E-state index in [-0.39, 0.29) is 18.1 Å². The third-order valence-corrected chi connectivity index (χ3v) is 6.78. The van der Waals surface area contributed by atoms with E-state index in [1.54, 1.807) is 60.7 Å². The summed E-state index contributed by atoms with van der Waals surface area (Å²) < 4.78 is 0.890. The van der Waals surface area contributed by atoms with E-state index < -0.39 is 5.25 Å². The van der Waals surface area contributed by atoms with Crippen LogP contribution in [0.1, 0.15) is 16.8 Å². The van der Waals surface area contributed by atoms with E-state index in [9.17, 15) is 9.59 Å². The molecule has 31 heavy (non-hydrogen) atoms. The van der Waals surface area contributed by atoms with Gasteiger partial charge in [-0.3, -0.25) is 14.5 Å². The maximum Gasteiger partial charge on any atom is 0.247 e. The average Bonchev–Trinajstić information content (AvgIpc) is 3.05. The van der Waals surface area contributed by atoms with E-state index in [0.717, 1.165) is 4.47 Å². The number of ketones is 1. The summed E-state index contributed by atoms with van der Waals surface area (Å²) in [4.78, 5) is 32.2. The summed E-state index contributed by atoms with van der Waals surface area (Å²) in [5.41, 5.74) is 1.88. The van der Waals surface area contributed by atoms with Crippen LogP contribution < -0.4 is 4.90 Å². The SMILES string of the molecule is O=C(CC1SC(=Nc2ccc(Cl)cc2)N(c2ccc(Cl)cc2)C1=O)c1ccc(Br)cc1. The summed E-state index contributed by atoms with van der Waals surface area (Å²) in [6.07, 6.45) is 0.0782. The van der Waals surface area contributed by atoms with Crippen LogP contribution in [0.15, 0.2) is 82.3 Å². The van der Waals surface area contributed by atoms with Crippen molar-refractivity contribution in [2.45, 2.75) is 11.7 Å². The zero-order valence-corrected chi connectivity index (χ0v) is 19.9. The lowest BCUT2D eigenvalue weighted by Gasteiger charge is -2.16. The summed E-state index contributed by atoms with van der Waals surface area (Å²) in [6.45, 7) is 0. The van der Waals surface area contributed by atoms with Crippen LogP contribution >= 0.6 is 50.9 Å². The highest BCUT2D eigenvalue weighted by atomic mass is 79.9. The van der Waals surface area contributed by atoms with Crippen molar-refractivity contribution < 1.29 is 9.59 Å². The van der Waals surface area contributed by atoms with E-state index in [4.69, 9.17) is 23.2 Å². The molecular formula is C23H15BrCl2N2O2S. The second-order valence-electron chi connectivity index (χ2n) is 6.76. The fourth-order valence-electron chi connectivity index (χ4n) is 3.05. The number of carbonyl (C=O) groups is 2. The van der Waals surface area contributed by atoms with Gasteiger partial charge in [0.2, 0.25) is 5.91 Å². The summed E-state index contributed by atoms with van der Waals surface area (Å²) in [6, 6.07) is 21.1. The third-order valence-electron chi connectivity index (χ3n) is 4.61. The number of hydrogen-bond acceptors (Lipinski definition) is 4. The maximum atomic E-state index is 13.3. The molecule has 3 aromatic rings. The molecule has 0 radical (unpaired) electrons. The van der Waals surface area contributed by atoms with E-state index in [0.29, 0.717) is 32.2 Å². The van der Waals surface area contributed by atoms with Gasteiger partial charge in [-0.05, 0) is 60.7 Å². The molecule has 0 aromatic heterocycles. The third kappa shape index (κ3) is 5.21. The van der Waals surface area contributed by atoms with Gasteiger partial charge in [-0.2, -0.15) is 0 Å². The minimum Gasteiger partial charge on any atom is -0.294 e. The molecule has 4 rings (SSSR count). The number of anilines is 1. The molecule has 156 valence electrons. The van der Waals surface area contributed by atoms with Crippen LogP contribution in [0.4, 0.5) is 11.4 Å². The molecule has 1 aliphatic rings.